The second-order valence-corrected chi connectivity index (χ2v) is 6.70. The molecule has 31 heavy (non-hydrogen) atoms. The smallest absolute Gasteiger partial charge is 0.338 e. The number of hydrogen-bond acceptors (Lipinski definition) is 10. The summed E-state index contributed by atoms with van der Waals surface area (Å²) in [6.45, 7) is -0.591. The predicted molar refractivity (Wildman–Crippen MR) is 104 cm³/mol. The van der Waals surface area contributed by atoms with Gasteiger partial charge in [-0.25, -0.2) is 4.79 Å². The molecular weight excluding hydrogens is 414 g/mol. The minimum atomic E-state index is -1.59. The zero-order valence-electron chi connectivity index (χ0n) is 16.4. The monoisotopic (exact) mass is 437 g/mol. The Hall–Kier alpha value is -2.93. The molecule has 11 nitrogen and oxygen atoms in total. The molecule has 2 aromatic carbocycles. The molecule has 168 valence electrons. The fourth-order valence-corrected chi connectivity index (χ4v) is 3.18. The molecule has 1 heterocycles. The first-order chi connectivity index (χ1) is 14.4. The van der Waals surface area contributed by atoms with Gasteiger partial charge in [0, 0.05) is 27.8 Å². The van der Waals surface area contributed by atoms with Crippen LogP contribution in [0.15, 0.2) is 42.5 Å². The number of nitroso groups, excluding NO2 is 1. The van der Waals surface area contributed by atoms with Gasteiger partial charge < -0.3 is 40.1 Å². The zero-order chi connectivity index (χ0) is 21.8. The van der Waals surface area contributed by atoms with Crippen LogP contribution in [0.1, 0.15) is 10.4 Å². The molecule has 0 aliphatic carbocycles. The number of para-hydroxylation sites is 1. The molecule has 1 fully saturated rings. The predicted octanol–water partition coefficient (Wildman–Crippen LogP) is -1.38. The average Bonchev–Trinajstić information content (AvgIpc) is 2.78. The number of aliphatic hydroxyl groups is 4. The van der Waals surface area contributed by atoms with Gasteiger partial charge in [-0.15, -0.1) is 0 Å². The van der Waals surface area contributed by atoms with E-state index in [-0.39, 0.29) is 22.5 Å². The van der Waals surface area contributed by atoms with Gasteiger partial charge >= 0.3 is 5.97 Å². The molecule has 6 N–H and O–H groups in total. The van der Waals surface area contributed by atoms with Crippen LogP contribution in [-0.4, -0.2) is 76.3 Å². The third kappa shape index (κ3) is 5.05. The lowest BCUT2D eigenvalue weighted by Gasteiger charge is -2.39. The van der Waals surface area contributed by atoms with E-state index in [2.05, 4.69) is 0 Å². The third-order valence-corrected chi connectivity index (χ3v) is 4.76. The SMILES string of the molecule is COC(=O)c1cc([NH+]=O)cc(-c2ccccc2O[C@@H]2O[C@H](CO)[C@H](O)[C@H](O)[C@H]2O)c1.[OH-]. The summed E-state index contributed by atoms with van der Waals surface area (Å²) in [5, 5.41) is 41.2. The minimum Gasteiger partial charge on any atom is -0.870 e. The number of ether oxygens (including phenoxy) is 3. The standard InChI is InChI=1S/C20H21NO9.H2O/c1-28-19(26)11-6-10(7-12(8-11)21-27)13-4-2-3-5-14(13)29-20-18(25)17(24)16(23)15(9-22)30-20;/h2-8,15-18,20,22-25H,9H2,1H3;1H2/t15-,16+,17+,18-,20-;/m1./s1. The molecule has 2 aromatic rings. The Kier molecular flexibility index (Phi) is 8.16. The van der Waals surface area contributed by atoms with Crippen molar-refractivity contribution in [2.75, 3.05) is 13.7 Å². The first kappa shape index (κ1) is 24.3. The molecule has 0 radical (unpaired) electrons. The van der Waals surface area contributed by atoms with E-state index in [0.717, 1.165) is 0 Å². The van der Waals surface area contributed by atoms with Gasteiger partial charge in [-0.05, 0) is 17.7 Å². The fraction of sp³-hybridized carbons (Fsp3) is 0.350. The van der Waals surface area contributed by atoms with E-state index in [1.54, 1.807) is 29.4 Å². The summed E-state index contributed by atoms with van der Waals surface area (Å²) in [6.07, 6.45) is -7.20. The molecule has 1 aliphatic heterocycles. The topological polar surface area (TPSA) is 187 Å². The lowest BCUT2D eigenvalue weighted by Crippen LogP contribution is -2.60. The maximum atomic E-state index is 11.9. The van der Waals surface area contributed by atoms with Crippen molar-refractivity contribution >= 4 is 11.7 Å². The third-order valence-electron chi connectivity index (χ3n) is 4.76. The van der Waals surface area contributed by atoms with E-state index in [9.17, 15) is 30.1 Å². The summed E-state index contributed by atoms with van der Waals surface area (Å²) < 4.78 is 15.8. The van der Waals surface area contributed by atoms with Crippen molar-refractivity contribution in [2.45, 2.75) is 30.7 Å². The van der Waals surface area contributed by atoms with Crippen molar-refractivity contribution in [1.82, 2.24) is 0 Å². The van der Waals surface area contributed by atoms with Gasteiger partial charge in [0.2, 0.25) is 6.29 Å². The highest BCUT2D eigenvalue weighted by atomic mass is 16.7. The average molecular weight is 437 g/mol. The Morgan fingerprint density at radius 3 is 2.45 bits per heavy atom. The molecule has 0 unspecified atom stereocenters. The summed E-state index contributed by atoms with van der Waals surface area (Å²) >= 11 is 0. The maximum absolute atomic E-state index is 11.9. The quantitative estimate of drug-likeness (QED) is 0.337. The van der Waals surface area contributed by atoms with E-state index < -0.39 is 43.3 Å². The minimum absolute atomic E-state index is 0. The number of methoxy groups -OCH3 is 1. The van der Waals surface area contributed by atoms with E-state index in [0.29, 0.717) is 11.1 Å². The van der Waals surface area contributed by atoms with Gasteiger partial charge in [0.1, 0.15) is 30.2 Å². The Morgan fingerprint density at radius 1 is 1.10 bits per heavy atom. The number of nitrogens with one attached hydrogen (secondary N) is 1. The first-order valence-corrected chi connectivity index (χ1v) is 9.07. The van der Waals surface area contributed by atoms with Gasteiger partial charge in [-0.3, -0.25) is 0 Å². The highest BCUT2D eigenvalue weighted by Gasteiger charge is 2.44. The fourth-order valence-electron chi connectivity index (χ4n) is 3.18. The van der Waals surface area contributed by atoms with E-state index in [4.69, 9.17) is 14.2 Å². The van der Waals surface area contributed by atoms with Crippen molar-refractivity contribution < 1.29 is 50.1 Å². The van der Waals surface area contributed by atoms with E-state index in [1.807, 2.05) is 0 Å². The number of benzene rings is 2. The van der Waals surface area contributed by atoms with Gasteiger partial charge in [-0.2, -0.15) is 0 Å². The maximum Gasteiger partial charge on any atom is 0.338 e. The second kappa shape index (κ2) is 10.4. The van der Waals surface area contributed by atoms with Crippen molar-refractivity contribution in [3.05, 3.63) is 52.9 Å². The summed E-state index contributed by atoms with van der Waals surface area (Å²) in [6, 6.07) is 10.9. The van der Waals surface area contributed by atoms with Crippen LogP contribution in [0.25, 0.3) is 11.1 Å². The van der Waals surface area contributed by atoms with Crippen molar-refractivity contribution in [3.8, 4) is 16.9 Å². The lowest BCUT2D eigenvalue weighted by atomic mass is 9.99. The van der Waals surface area contributed by atoms with Crippen LogP contribution in [0.2, 0.25) is 0 Å². The van der Waals surface area contributed by atoms with Crippen LogP contribution in [0, 0.1) is 4.91 Å². The van der Waals surface area contributed by atoms with E-state index >= 15 is 0 Å². The first-order valence-electron chi connectivity index (χ1n) is 9.07. The highest BCUT2D eigenvalue weighted by molar-refractivity contribution is 5.92. The van der Waals surface area contributed by atoms with Crippen LogP contribution >= 0.6 is 0 Å². The number of hydrogen-bond donors (Lipinski definition) is 5. The molecule has 1 saturated heterocycles. The lowest BCUT2D eigenvalue weighted by molar-refractivity contribution is -0.379. The molecule has 0 spiro atoms. The molecule has 3 rings (SSSR count). The van der Waals surface area contributed by atoms with Crippen molar-refractivity contribution in [1.29, 1.82) is 0 Å². The second-order valence-electron chi connectivity index (χ2n) is 6.70. The number of rotatable bonds is 6. The Bertz CT molecular complexity index is 919. The van der Waals surface area contributed by atoms with Crippen LogP contribution in [0.3, 0.4) is 0 Å². The van der Waals surface area contributed by atoms with Crippen LogP contribution in [0.4, 0.5) is 5.69 Å². The van der Waals surface area contributed by atoms with Gasteiger partial charge in [0.05, 0.1) is 19.3 Å². The molecule has 0 bridgehead atoms. The largest absolute Gasteiger partial charge is 0.870 e. The summed E-state index contributed by atoms with van der Waals surface area (Å²) in [5.41, 5.74) is 1.15. The highest BCUT2D eigenvalue weighted by Crippen LogP contribution is 2.34. The zero-order valence-corrected chi connectivity index (χ0v) is 16.4. The number of aliphatic hydroxyl groups excluding tert-OH is 4. The van der Waals surface area contributed by atoms with Crippen LogP contribution < -0.4 is 9.91 Å². The van der Waals surface area contributed by atoms with Crippen LogP contribution in [0.5, 0.6) is 5.75 Å². The van der Waals surface area contributed by atoms with E-state index in [1.165, 1.54) is 25.3 Å². The Labute approximate surface area is 176 Å². The number of carbonyl (C=O) groups excluding carboxylic acids is 1. The molecular formula is C20H23NO10. The molecule has 11 heteroatoms. The molecule has 0 amide bonds. The summed E-state index contributed by atoms with van der Waals surface area (Å²) in [4.78, 5) is 23.1. The summed E-state index contributed by atoms with van der Waals surface area (Å²) in [5.74, 6) is -0.429. The Balaban J connectivity index is 0.00000341. The Morgan fingerprint density at radius 2 is 1.81 bits per heavy atom. The molecule has 1 aliphatic rings. The van der Waals surface area contributed by atoms with Gasteiger partial charge in [-0.1, -0.05) is 18.2 Å². The van der Waals surface area contributed by atoms with Crippen molar-refractivity contribution in [2.24, 2.45) is 0 Å². The van der Waals surface area contributed by atoms with Gasteiger partial charge in [0.25, 0.3) is 5.69 Å². The normalized spacial score (nSPS) is 25.3. The molecule has 0 saturated carbocycles. The van der Waals surface area contributed by atoms with Gasteiger partial charge in [0.15, 0.2) is 0 Å². The molecule has 5 atom stereocenters. The van der Waals surface area contributed by atoms with Crippen molar-refractivity contribution in [3.63, 3.8) is 0 Å². The summed E-state index contributed by atoms with van der Waals surface area (Å²) in [7, 11) is 1.22. The number of esters is 1. The molecule has 0 aromatic heterocycles. The number of carbonyl (C=O) groups is 1. The van der Waals surface area contributed by atoms with Crippen LogP contribution in [-0.2, 0) is 9.47 Å².